The average Bonchev–Trinajstić information content (AvgIpc) is 3.09. The van der Waals surface area contributed by atoms with Crippen LogP contribution in [0.25, 0.3) is 22.3 Å². The van der Waals surface area contributed by atoms with Gasteiger partial charge < -0.3 is 4.74 Å². The largest absolute Gasteiger partial charge is 0.494 e. The standard InChI is InChI=1S/C42H40N2O/c1-3-32(27-33-4-14-38(15-5-33)40-18-8-36(29-43)9-19-40)26-31(2)24-25-45-42-22-12-35(13-23-42)28-34-6-16-39(17-7-34)41-20-10-37(30-44)11-21-41/h4-23,31-32H,3,24-28H2,1-2H3. The Labute approximate surface area is 268 Å². The number of benzene rings is 5. The molecule has 0 amide bonds. The Morgan fingerprint density at radius 1 is 0.578 bits per heavy atom. The molecular weight excluding hydrogens is 548 g/mol. The molecule has 0 N–H and O–H groups in total. The third-order valence-corrected chi connectivity index (χ3v) is 8.65. The molecule has 5 rings (SSSR count). The Morgan fingerprint density at radius 2 is 1.00 bits per heavy atom. The Morgan fingerprint density at radius 3 is 1.44 bits per heavy atom. The third kappa shape index (κ3) is 8.95. The maximum atomic E-state index is 9.03. The second-order valence-corrected chi connectivity index (χ2v) is 12.0. The first-order chi connectivity index (χ1) is 22.0. The molecule has 0 bridgehead atoms. The average molecular weight is 589 g/mol. The van der Waals surface area contributed by atoms with Gasteiger partial charge in [0, 0.05) is 0 Å². The SMILES string of the molecule is CCC(Cc1ccc(-c2ccc(C#N)cc2)cc1)CC(C)CCOc1ccc(Cc2ccc(-c3ccc(C#N)cc3)cc2)cc1. The summed E-state index contributed by atoms with van der Waals surface area (Å²) < 4.78 is 6.13. The summed E-state index contributed by atoms with van der Waals surface area (Å²) in [6.45, 7) is 5.37. The highest BCUT2D eigenvalue weighted by atomic mass is 16.5. The zero-order chi connectivity index (χ0) is 31.4. The van der Waals surface area contributed by atoms with E-state index in [4.69, 9.17) is 15.3 Å². The highest BCUT2D eigenvalue weighted by Crippen LogP contribution is 2.26. The molecule has 3 heteroatoms. The molecule has 0 fully saturated rings. The van der Waals surface area contributed by atoms with Crippen LogP contribution >= 0.6 is 0 Å². The van der Waals surface area contributed by atoms with Crippen molar-refractivity contribution in [2.75, 3.05) is 6.61 Å². The van der Waals surface area contributed by atoms with E-state index in [1.807, 2.05) is 48.5 Å². The highest BCUT2D eigenvalue weighted by molar-refractivity contribution is 5.65. The maximum Gasteiger partial charge on any atom is 0.119 e. The van der Waals surface area contributed by atoms with E-state index in [1.54, 1.807) is 0 Å². The minimum atomic E-state index is 0.597. The molecule has 0 aromatic heterocycles. The van der Waals surface area contributed by atoms with Gasteiger partial charge in [0.25, 0.3) is 0 Å². The van der Waals surface area contributed by atoms with E-state index >= 15 is 0 Å². The molecule has 3 nitrogen and oxygen atoms in total. The number of ether oxygens (including phenoxy) is 1. The third-order valence-electron chi connectivity index (χ3n) is 8.65. The van der Waals surface area contributed by atoms with Crippen LogP contribution in [-0.4, -0.2) is 6.61 Å². The minimum Gasteiger partial charge on any atom is -0.494 e. The molecule has 0 saturated carbocycles. The molecule has 5 aromatic carbocycles. The fourth-order valence-corrected chi connectivity index (χ4v) is 5.85. The fourth-order valence-electron chi connectivity index (χ4n) is 5.85. The summed E-state index contributed by atoms with van der Waals surface area (Å²) in [5, 5.41) is 18.0. The lowest BCUT2D eigenvalue weighted by Crippen LogP contribution is -2.11. The van der Waals surface area contributed by atoms with Gasteiger partial charge in [0.15, 0.2) is 0 Å². The summed E-state index contributed by atoms with van der Waals surface area (Å²) in [5.41, 5.74) is 9.88. The van der Waals surface area contributed by atoms with Crippen LogP contribution in [0.1, 0.15) is 60.9 Å². The van der Waals surface area contributed by atoms with Gasteiger partial charge in [-0.15, -0.1) is 0 Å². The molecule has 0 spiro atoms. The summed E-state index contributed by atoms with van der Waals surface area (Å²) >= 11 is 0. The van der Waals surface area contributed by atoms with Crippen LogP contribution in [0.3, 0.4) is 0 Å². The molecule has 0 aliphatic carbocycles. The molecule has 2 atom stereocenters. The Kier molecular flexibility index (Phi) is 10.8. The van der Waals surface area contributed by atoms with Gasteiger partial charge in [0.2, 0.25) is 0 Å². The second kappa shape index (κ2) is 15.6. The predicted octanol–water partition coefficient (Wildman–Crippen LogP) is 10.4. The topological polar surface area (TPSA) is 56.8 Å². The first-order valence-corrected chi connectivity index (χ1v) is 15.9. The van der Waals surface area contributed by atoms with Gasteiger partial charge in [-0.2, -0.15) is 10.5 Å². The van der Waals surface area contributed by atoms with E-state index in [0.717, 1.165) is 48.3 Å². The van der Waals surface area contributed by atoms with Gasteiger partial charge in [-0.25, -0.2) is 0 Å². The lowest BCUT2D eigenvalue weighted by molar-refractivity contribution is 0.262. The number of hydrogen-bond donors (Lipinski definition) is 0. The van der Waals surface area contributed by atoms with Crippen molar-refractivity contribution in [1.29, 1.82) is 10.5 Å². The Hall–Kier alpha value is -5.12. The van der Waals surface area contributed by atoms with Crippen LogP contribution in [-0.2, 0) is 12.8 Å². The van der Waals surface area contributed by atoms with Crippen molar-refractivity contribution < 1.29 is 4.74 Å². The lowest BCUT2D eigenvalue weighted by atomic mass is 9.87. The molecule has 45 heavy (non-hydrogen) atoms. The zero-order valence-electron chi connectivity index (χ0n) is 26.2. The van der Waals surface area contributed by atoms with Crippen molar-refractivity contribution >= 4 is 0 Å². The molecule has 0 heterocycles. The molecule has 5 aromatic rings. The minimum absolute atomic E-state index is 0.597. The molecule has 0 radical (unpaired) electrons. The highest BCUT2D eigenvalue weighted by Gasteiger charge is 2.13. The first kappa shape index (κ1) is 31.3. The number of rotatable bonds is 13. The van der Waals surface area contributed by atoms with Crippen LogP contribution < -0.4 is 4.74 Å². The van der Waals surface area contributed by atoms with E-state index in [9.17, 15) is 0 Å². The van der Waals surface area contributed by atoms with Crippen molar-refractivity contribution in [3.8, 4) is 40.1 Å². The van der Waals surface area contributed by atoms with Gasteiger partial charge in [0.05, 0.1) is 29.9 Å². The van der Waals surface area contributed by atoms with Crippen molar-refractivity contribution in [2.24, 2.45) is 11.8 Å². The van der Waals surface area contributed by atoms with Gasteiger partial charge in [-0.3, -0.25) is 0 Å². The van der Waals surface area contributed by atoms with Crippen LogP contribution in [0, 0.1) is 34.5 Å². The zero-order valence-corrected chi connectivity index (χ0v) is 26.2. The van der Waals surface area contributed by atoms with Gasteiger partial charge >= 0.3 is 0 Å². The Bertz CT molecular complexity index is 1720. The smallest absolute Gasteiger partial charge is 0.119 e. The molecule has 2 unspecified atom stereocenters. The number of nitrogens with zero attached hydrogens (tertiary/aromatic N) is 2. The summed E-state index contributed by atoms with van der Waals surface area (Å²) in [4.78, 5) is 0. The molecule has 224 valence electrons. The van der Waals surface area contributed by atoms with E-state index in [0.29, 0.717) is 23.0 Å². The van der Waals surface area contributed by atoms with Gasteiger partial charge in [-0.05, 0) is 113 Å². The fraction of sp³-hybridized carbons (Fsp3) is 0.238. The van der Waals surface area contributed by atoms with E-state index in [-0.39, 0.29) is 0 Å². The van der Waals surface area contributed by atoms with Gasteiger partial charge in [0.1, 0.15) is 5.75 Å². The molecule has 0 saturated heterocycles. The van der Waals surface area contributed by atoms with Gasteiger partial charge in [-0.1, -0.05) is 105 Å². The van der Waals surface area contributed by atoms with Crippen LogP contribution in [0.2, 0.25) is 0 Å². The van der Waals surface area contributed by atoms with E-state index < -0.39 is 0 Å². The van der Waals surface area contributed by atoms with E-state index in [2.05, 4.69) is 98.8 Å². The quantitative estimate of drug-likeness (QED) is 0.137. The number of nitriles is 2. The normalized spacial score (nSPS) is 12.1. The van der Waals surface area contributed by atoms with Crippen LogP contribution in [0.5, 0.6) is 5.75 Å². The van der Waals surface area contributed by atoms with Crippen LogP contribution in [0.4, 0.5) is 0 Å². The van der Waals surface area contributed by atoms with Crippen molar-refractivity contribution in [3.63, 3.8) is 0 Å². The Balaban J connectivity index is 1.04. The second-order valence-electron chi connectivity index (χ2n) is 12.0. The predicted molar refractivity (Wildman–Crippen MR) is 184 cm³/mol. The summed E-state index contributed by atoms with van der Waals surface area (Å²) in [6, 6.07) is 45.9. The number of hydrogen-bond acceptors (Lipinski definition) is 3. The summed E-state index contributed by atoms with van der Waals surface area (Å²) in [7, 11) is 0. The molecule has 0 aliphatic heterocycles. The van der Waals surface area contributed by atoms with Crippen LogP contribution in [0.15, 0.2) is 121 Å². The monoisotopic (exact) mass is 588 g/mol. The van der Waals surface area contributed by atoms with E-state index in [1.165, 1.54) is 35.1 Å². The summed E-state index contributed by atoms with van der Waals surface area (Å²) in [5.74, 6) is 2.18. The molecule has 0 aliphatic rings. The maximum absolute atomic E-state index is 9.03. The summed E-state index contributed by atoms with van der Waals surface area (Å²) in [6.07, 6.45) is 5.38. The molecular formula is C42H40N2O. The lowest BCUT2D eigenvalue weighted by Gasteiger charge is -2.20. The van der Waals surface area contributed by atoms with Crippen molar-refractivity contribution in [3.05, 3.63) is 149 Å². The first-order valence-electron chi connectivity index (χ1n) is 15.9. The van der Waals surface area contributed by atoms with Crippen molar-refractivity contribution in [1.82, 2.24) is 0 Å². The van der Waals surface area contributed by atoms with Crippen molar-refractivity contribution in [2.45, 2.75) is 46.0 Å².